The Bertz CT molecular complexity index is 215. The number of carbonyl (C=O) groups excluding carboxylic acids is 1. The van der Waals surface area contributed by atoms with Gasteiger partial charge in [0.05, 0.1) is 0 Å². The Morgan fingerprint density at radius 2 is 1.92 bits per heavy atom. The van der Waals surface area contributed by atoms with Gasteiger partial charge in [0.25, 0.3) is 0 Å². The summed E-state index contributed by atoms with van der Waals surface area (Å²) in [6.45, 7) is 6.09. The van der Waals surface area contributed by atoms with Crippen molar-refractivity contribution in [1.82, 2.24) is 5.32 Å². The Kier molecular flexibility index (Phi) is 1.49. The highest BCUT2D eigenvalue weighted by molar-refractivity contribution is 5.81. The lowest BCUT2D eigenvalue weighted by molar-refractivity contribution is -0.127. The average molecular weight is 168 g/mol. The number of hydrogen-bond acceptors (Lipinski definition) is 2. The standard InChI is InChI=1S/C9H16N2O/c1-9(2,8(10)12)7-5-3-11-4-6(5)7/h5-7,11H,3-4H2,1-2H3,(H2,10,12)/t5-,6+,7?. The number of fused-ring (bicyclic) bond motifs is 1. The Balaban J connectivity index is 2.08. The van der Waals surface area contributed by atoms with Gasteiger partial charge in [-0.05, 0) is 30.8 Å². The van der Waals surface area contributed by atoms with E-state index >= 15 is 0 Å². The number of nitrogens with one attached hydrogen (secondary N) is 1. The van der Waals surface area contributed by atoms with Gasteiger partial charge in [0, 0.05) is 5.41 Å². The fourth-order valence-corrected chi connectivity index (χ4v) is 2.65. The van der Waals surface area contributed by atoms with Gasteiger partial charge >= 0.3 is 0 Å². The fourth-order valence-electron chi connectivity index (χ4n) is 2.65. The van der Waals surface area contributed by atoms with E-state index in [4.69, 9.17) is 5.73 Å². The van der Waals surface area contributed by atoms with E-state index in [-0.39, 0.29) is 11.3 Å². The van der Waals surface area contributed by atoms with E-state index < -0.39 is 0 Å². The molecule has 0 aromatic rings. The molecule has 3 heteroatoms. The average Bonchev–Trinajstić information content (AvgIpc) is 2.48. The Labute approximate surface area is 72.7 Å². The maximum atomic E-state index is 11.1. The van der Waals surface area contributed by atoms with Crippen LogP contribution in [0, 0.1) is 23.2 Å². The lowest BCUT2D eigenvalue weighted by Crippen LogP contribution is -2.36. The molecule has 3 nitrogen and oxygen atoms in total. The van der Waals surface area contributed by atoms with Crippen LogP contribution in [0.5, 0.6) is 0 Å². The maximum absolute atomic E-state index is 11.1. The Morgan fingerprint density at radius 3 is 2.33 bits per heavy atom. The minimum Gasteiger partial charge on any atom is -0.369 e. The minimum atomic E-state index is -0.294. The van der Waals surface area contributed by atoms with Gasteiger partial charge < -0.3 is 11.1 Å². The van der Waals surface area contributed by atoms with Crippen LogP contribution in [0.15, 0.2) is 0 Å². The zero-order chi connectivity index (χ0) is 8.93. The van der Waals surface area contributed by atoms with Crippen LogP contribution in [-0.4, -0.2) is 19.0 Å². The molecule has 2 rings (SSSR count). The van der Waals surface area contributed by atoms with Gasteiger partial charge in [0.1, 0.15) is 0 Å². The smallest absolute Gasteiger partial charge is 0.223 e. The highest BCUT2D eigenvalue weighted by Gasteiger charge is 2.60. The van der Waals surface area contributed by atoms with Crippen LogP contribution in [0.2, 0.25) is 0 Å². The van der Waals surface area contributed by atoms with Crippen molar-refractivity contribution < 1.29 is 4.79 Å². The predicted octanol–water partition coefficient (Wildman–Crippen LogP) is -0.0367. The number of amides is 1. The monoisotopic (exact) mass is 168 g/mol. The van der Waals surface area contributed by atoms with Gasteiger partial charge in [-0.3, -0.25) is 4.79 Å². The quantitative estimate of drug-likeness (QED) is 0.608. The summed E-state index contributed by atoms with van der Waals surface area (Å²) in [5.74, 6) is 1.82. The SMILES string of the molecule is CC(C)(C(N)=O)C1[C@H]2CNC[C@@H]12. The van der Waals surface area contributed by atoms with Gasteiger partial charge in [0.2, 0.25) is 5.91 Å². The Hall–Kier alpha value is -0.570. The van der Waals surface area contributed by atoms with Crippen molar-refractivity contribution in [2.75, 3.05) is 13.1 Å². The normalized spacial score (nSPS) is 39.3. The summed E-state index contributed by atoms with van der Waals surface area (Å²) in [6, 6.07) is 0. The maximum Gasteiger partial charge on any atom is 0.223 e. The van der Waals surface area contributed by atoms with Crippen LogP contribution in [0.1, 0.15) is 13.8 Å². The van der Waals surface area contributed by atoms with Crippen LogP contribution in [-0.2, 0) is 4.79 Å². The van der Waals surface area contributed by atoms with E-state index in [1.165, 1.54) is 0 Å². The van der Waals surface area contributed by atoms with E-state index in [1.807, 2.05) is 13.8 Å². The second kappa shape index (κ2) is 2.22. The first-order chi connectivity index (χ1) is 5.55. The zero-order valence-corrected chi connectivity index (χ0v) is 7.63. The lowest BCUT2D eigenvalue weighted by atomic mass is 9.84. The van der Waals surface area contributed by atoms with Crippen LogP contribution in [0.3, 0.4) is 0 Å². The van der Waals surface area contributed by atoms with Crippen LogP contribution in [0.4, 0.5) is 0 Å². The molecular weight excluding hydrogens is 152 g/mol. The summed E-state index contributed by atoms with van der Waals surface area (Å²) in [6.07, 6.45) is 0. The zero-order valence-electron chi connectivity index (χ0n) is 7.63. The van der Waals surface area contributed by atoms with Crippen molar-refractivity contribution in [2.24, 2.45) is 28.9 Å². The molecule has 0 aromatic heterocycles. The van der Waals surface area contributed by atoms with Crippen molar-refractivity contribution in [1.29, 1.82) is 0 Å². The molecule has 0 aromatic carbocycles. The van der Waals surface area contributed by atoms with E-state index in [1.54, 1.807) is 0 Å². The molecule has 3 N–H and O–H groups in total. The molecule has 2 fully saturated rings. The molecule has 1 aliphatic heterocycles. The molecule has 1 amide bonds. The van der Waals surface area contributed by atoms with Gasteiger partial charge in [-0.25, -0.2) is 0 Å². The number of nitrogens with two attached hydrogens (primary N) is 1. The highest BCUT2D eigenvalue weighted by Crippen LogP contribution is 2.57. The first kappa shape index (κ1) is 8.05. The van der Waals surface area contributed by atoms with E-state index in [9.17, 15) is 4.79 Å². The number of carbonyl (C=O) groups is 1. The van der Waals surface area contributed by atoms with Gasteiger partial charge in [-0.15, -0.1) is 0 Å². The van der Waals surface area contributed by atoms with E-state index in [0.717, 1.165) is 13.1 Å². The van der Waals surface area contributed by atoms with Crippen molar-refractivity contribution in [2.45, 2.75) is 13.8 Å². The molecule has 1 heterocycles. The van der Waals surface area contributed by atoms with E-state index in [2.05, 4.69) is 5.32 Å². The third-order valence-electron chi connectivity index (χ3n) is 3.56. The van der Waals surface area contributed by atoms with Crippen molar-refractivity contribution >= 4 is 5.91 Å². The van der Waals surface area contributed by atoms with Gasteiger partial charge in [-0.1, -0.05) is 13.8 Å². The third kappa shape index (κ3) is 0.891. The largest absolute Gasteiger partial charge is 0.369 e. The first-order valence-corrected chi connectivity index (χ1v) is 4.56. The highest BCUT2D eigenvalue weighted by atomic mass is 16.1. The van der Waals surface area contributed by atoms with Gasteiger partial charge in [-0.2, -0.15) is 0 Å². The molecule has 2 aliphatic rings. The fraction of sp³-hybridized carbons (Fsp3) is 0.889. The summed E-state index contributed by atoms with van der Waals surface area (Å²) in [7, 11) is 0. The number of piperidine rings is 1. The molecule has 1 saturated carbocycles. The third-order valence-corrected chi connectivity index (χ3v) is 3.56. The molecule has 0 radical (unpaired) electrons. The van der Waals surface area contributed by atoms with Crippen LogP contribution < -0.4 is 11.1 Å². The topological polar surface area (TPSA) is 55.1 Å². The summed E-state index contributed by atoms with van der Waals surface area (Å²) in [4.78, 5) is 11.1. The van der Waals surface area contributed by atoms with Crippen LogP contribution in [0.25, 0.3) is 0 Å². The van der Waals surface area contributed by atoms with E-state index in [0.29, 0.717) is 17.8 Å². The molecular formula is C9H16N2O. The lowest BCUT2D eigenvalue weighted by Gasteiger charge is -2.22. The van der Waals surface area contributed by atoms with Crippen molar-refractivity contribution in [3.8, 4) is 0 Å². The number of rotatable bonds is 2. The van der Waals surface area contributed by atoms with Crippen molar-refractivity contribution in [3.05, 3.63) is 0 Å². The second-order valence-corrected chi connectivity index (χ2v) is 4.60. The number of hydrogen-bond donors (Lipinski definition) is 2. The van der Waals surface area contributed by atoms with Gasteiger partial charge in [0.15, 0.2) is 0 Å². The molecule has 1 unspecified atom stereocenters. The summed E-state index contributed by atoms with van der Waals surface area (Å²) in [5, 5.41) is 3.31. The molecule has 0 spiro atoms. The Morgan fingerprint density at radius 1 is 1.42 bits per heavy atom. The molecule has 1 aliphatic carbocycles. The summed E-state index contributed by atoms with van der Waals surface area (Å²) < 4.78 is 0. The van der Waals surface area contributed by atoms with Crippen molar-refractivity contribution in [3.63, 3.8) is 0 Å². The van der Waals surface area contributed by atoms with Crippen LogP contribution >= 0.6 is 0 Å². The molecule has 1 saturated heterocycles. The second-order valence-electron chi connectivity index (χ2n) is 4.60. The summed E-state index contributed by atoms with van der Waals surface area (Å²) in [5.41, 5.74) is 5.06. The summed E-state index contributed by atoms with van der Waals surface area (Å²) >= 11 is 0. The number of primary amides is 1. The molecule has 12 heavy (non-hydrogen) atoms. The molecule has 0 bridgehead atoms. The molecule has 3 atom stereocenters. The predicted molar refractivity (Wildman–Crippen MR) is 46.3 cm³/mol. The first-order valence-electron chi connectivity index (χ1n) is 4.56. The minimum absolute atomic E-state index is 0.151. The molecule has 68 valence electrons.